The molecule has 0 radical (unpaired) electrons. The van der Waals surface area contributed by atoms with Crippen molar-refractivity contribution < 1.29 is 22.7 Å². The highest BCUT2D eigenvalue weighted by Gasteiger charge is 2.22. The predicted octanol–water partition coefficient (Wildman–Crippen LogP) is 4.36. The van der Waals surface area contributed by atoms with Gasteiger partial charge in [0.15, 0.2) is 5.75 Å². The third-order valence-corrected chi connectivity index (χ3v) is 4.76. The smallest absolute Gasteiger partial charge is 0.270 e. The summed E-state index contributed by atoms with van der Waals surface area (Å²) in [6, 6.07) is 6.62. The van der Waals surface area contributed by atoms with Crippen molar-refractivity contribution in [2.24, 2.45) is 0 Å². The number of aryl methyl sites for hydroxylation is 1. The zero-order valence-corrected chi connectivity index (χ0v) is 16.7. The van der Waals surface area contributed by atoms with Gasteiger partial charge in [-0.1, -0.05) is 11.6 Å². The zero-order chi connectivity index (χ0) is 22.0. The summed E-state index contributed by atoms with van der Waals surface area (Å²) in [4.78, 5) is 26.6. The summed E-state index contributed by atoms with van der Waals surface area (Å²) in [7, 11) is 1.43. The number of H-pyrrole nitrogens is 1. The van der Waals surface area contributed by atoms with Gasteiger partial charge in [0.1, 0.15) is 29.1 Å². The second-order valence-corrected chi connectivity index (χ2v) is 6.77. The first-order valence-electron chi connectivity index (χ1n) is 8.74. The van der Waals surface area contributed by atoms with Crippen LogP contribution in [-0.2, 0) is 6.61 Å². The van der Waals surface area contributed by atoms with E-state index in [9.17, 15) is 22.8 Å². The van der Waals surface area contributed by atoms with E-state index in [1.807, 2.05) is 0 Å². The standard InChI is InChI=1S/C21H16ClF3N2O3/c1-10-17(14-7-11(20(28)26-2)4-6-15(14)24)19(18(22)21(29)27-10)30-9-12-3-5-13(23)8-16(12)25/h3-8H,9H2,1-2H3,(H,26,28)(H,27,29). The summed E-state index contributed by atoms with van der Waals surface area (Å²) < 4.78 is 47.3. The molecule has 2 N–H and O–H groups in total. The fourth-order valence-electron chi connectivity index (χ4n) is 2.92. The number of ether oxygens (including phenoxy) is 1. The third kappa shape index (κ3) is 4.18. The topological polar surface area (TPSA) is 71.2 Å². The van der Waals surface area contributed by atoms with Crippen molar-refractivity contribution in [3.05, 3.63) is 86.0 Å². The molecular weight excluding hydrogens is 421 g/mol. The molecule has 0 saturated heterocycles. The maximum absolute atomic E-state index is 14.7. The van der Waals surface area contributed by atoms with E-state index in [-0.39, 0.29) is 38.7 Å². The second kappa shape index (κ2) is 8.62. The van der Waals surface area contributed by atoms with Gasteiger partial charge in [-0.05, 0) is 37.3 Å². The van der Waals surface area contributed by atoms with Gasteiger partial charge in [-0.2, -0.15) is 0 Å². The molecule has 9 heteroatoms. The highest BCUT2D eigenvalue weighted by atomic mass is 35.5. The van der Waals surface area contributed by atoms with E-state index in [2.05, 4.69) is 10.3 Å². The zero-order valence-electron chi connectivity index (χ0n) is 15.9. The van der Waals surface area contributed by atoms with E-state index in [1.54, 1.807) is 0 Å². The molecule has 0 aliphatic heterocycles. The van der Waals surface area contributed by atoms with Crippen LogP contribution in [0.1, 0.15) is 21.6 Å². The molecule has 0 fully saturated rings. The molecule has 0 atom stereocenters. The molecule has 1 amide bonds. The molecule has 0 spiro atoms. The first kappa shape index (κ1) is 21.4. The van der Waals surface area contributed by atoms with Crippen LogP contribution in [0, 0.1) is 24.4 Å². The van der Waals surface area contributed by atoms with Crippen molar-refractivity contribution in [1.29, 1.82) is 0 Å². The summed E-state index contributed by atoms with van der Waals surface area (Å²) in [6.45, 7) is 1.11. The van der Waals surface area contributed by atoms with Gasteiger partial charge in [-0.25, -0.2) is 13.2 Å². The Kier molecular flexibility index (Phi) is 6.17. The van der Waals surface area contributed by atoms with Gasteiger partial charge in [-0.3, -0.25) is 9.59 Å². The molecule has 2 aromatic carbocycles. The van der Waals surface area contributed by atoms with Crippen LogP contribution in [0.2, 0.25) is 5.02 Å². The molecule has 0 aliphatic carbocycles. The number of amides is 1. The molecule has 3 rings (SSSR count). The Morgan fingerprint density at radius 2 is 1.87 bits per heavy atom. The maximum Gasteiger partial charge on any atom is 0.270 e. The Balaban J connectivity index is 2.13. The average molecular weight is 437 g/mol. The molecule has 0 aliphatic rings. The van der Waals surface area contributed by atoms with E-state index in [0.717, 1.165) is 12.1 Å². The quantitative estimate of drug-likeness (QED) is 0.624. The minimum Gasteiger partial charge on any atom is -0.486 e. The molecule has 0 saturated carbocycles. The number of pyridine rings is 1. The fourth-order valence-corrected chi connectivity index (χ4v) is 3.12. The number of carbonyl (C=O) groups excluding carboxylic acids is 1. The van der Waals surface area contributed by atoms with Crippen LogP contribution >= 0.6 is 11.6 Å². The lowest BCUT2D eigenvalue weighted by atomic mass is 10.00. The molecule has 0 unspecified atom stereocenters. The average Bonchev–Trinajstić information content (AvgIpc) is 2.71. The lowest BCUT2D eigenvalue weighted by molar-refractivity contribution is 0.0963. The van der Waals surface area contributed by atoms with E-state index in [1.165, 1.54) is 32.2 Å². The maximum atomic E-state index is 14.7. The van der Waals surface area contributed by atoms with Crippen molar-refractivity contribution in [1.82, 2.24) is 10.3 Å². The van der Waals surface area contributed by atoms with Gasteiger partial charge >= 0.3 is 0 Å². The molecule has 0 bridgehead atoms. The summed E-state index contributed by atoms with van der Waals surface area (Å²) in [6.07, 6.45) is 0. The number of aromatic amines is 1. The SMILES string of the molecule is CNC(=O)c1ccc(F)c(-c2c(C)[nH]c(=O)c(Cl)c2OCc2ccc(F)cc2F)c1. The van der Waals surface area contributed by atoms with Crippen molar-refractivity contribution in [3.8, 4) is 16.9 Å². The van der Waals surface area contributed by atoms with E-state index >= 15 is 0 Å². The Bertz CT molecular complexity index is 1190. The molecule has 3 aromatic rings. The van der Waals surface area contributed by atoms with Gasteiger partial charge < -0.3 is 15.0 Å². The van der Waals surface area contributed by atoms with Crippen LogP contribution < -0.4 is 15.6 Å². The van der Waals surface area contributed by atoms with Crippen molar-refractivity contribution in [3.63, 3.8) is 0 Å². The number of hydrogen-bond donors (Lipinski definition) is 2. The Morgan fingerprint density at radius 1 is 1.13 bits per heavy atom. The number of rotatable bonds is 5. The number of benzene rings is 2. The molecule has 156 valence electrons. The van der Waals surface area contributed by atoms with Crippen molar-refractivity contribution in [2.45, 2.75) is 13.5 Å². The van der Waals surface area contributed by atoms with Crippen molar-refractivity contribution >= 4 is 17.5 Å². The molecule has 30 heavy (non-hydrogen) atoms. The van der Waals surface area contributed by atoms with Crippen LogP contribution in [0.4, 0.5) is 13.2 Å². The fraction of sp³-hybridized carbons (Fsp3) is 0.143. The largest absolute Gasteiger partial charge is 0.486 e. The first-order chi connectivity index (χ1) is 14.2. The number of aromatic nitrogens is 1. The van der Waals surface area contributed by atoms with Crippen LogP contribution in [-0.4, -0.2) is 17.9 Å². The summed E-state index contributed by atoms with van der Waals surface area (Å²) in [5.74, 6) is -2.92. The van der Waals surface area contributed by atoms with Gasteiger partial charge in [0.25, 0.3) is 11.5 Å². The van der Waals surface area contributed by atoms with Gasteiger partial charge in [0.2, 0.25) is 0 Å². The molecule has 1 heterocycles. The minimum atomic E-state index is -0.845. The van der Waals surface area contributed by atoms with Gasteiger partial charge in [0.05, 0.1) is 0 Å². The minimum absolute atomic E-state index is 0.0101. The molecule has 1 aromatic heterocycles. The predicted molar refractivity (Wildman–Crippen MR) is 106 cm³/mol. The third-order valence-electron chi connectivity index (χ3n) is 4.41. The van der Waals surface area contributed by atoms with E-state index in [4.69, 9.17) is 16.3 Å². The summed E-state index contributed by atoms with van der Waals surface area (Å²) in [5, 5.41) is 2.07. The Labute approximate surface area is 174 Å². The van der Waals surface area contributed by atoms with Crippen LogP contribution in [0.25, 0.3) is 11.1 Å². The molecular formula is C21H16ClF3N2O3. The van der Waals surface area contributed by atoms with E-state index < -0.39 is 35.5 Å². The summed E-state index contributed by atoms with van der Waals surface area (Å²) in [5.41, 5.74) is -0.212. The second-order valence-electron chi connectivity index (χ2n) is 6.40. The van der Waals surface area contributed by atoms with Crippen LogP contribution in [0.15, 0.2) is 41.2 Å². The van der Waals surface area contributed by atoms with Crippen molar-refractivity contribution in [2.75, 3.05) is 7.05 Å². The van der Waals surface area contributed by atoms with E-state index in [0.29, 0.717) is 6.07 Å². The Morgan fingerprint density at radius 3 is 2.53 bits per heavy atom. The number of hydrogen-bond acceptors (Lipinski definition) is 3. The van der Waals surface area contributed by atoms with Gasteiger partial charge in [-0.15, -0.1) is 0 Å². The lowest BCUT2D eigenvalue weighted by Gasteiger charge is -2.17. The van der Waals surface area contributed by atoms with Crippen LogP contribution in [0.3, 0.4) is 0 Å². The number of halogens is 4. The van der Waals surface area contributed by atoms with Gasteiger partial charge in [0, 0.05) is 41.1 Å². The highest BCUT2D eigenvalue weighted by molar-refractivity contribution is 6.32. The van der Waals surface area contributed by atoms with Crippen LogP contribution in [0.5, 0.6) is 5.75 Å². The lowest BCUT2D eigenvalue weighted by Crippen LogP contribution is -2.18. The number of nitrogens with one attached hydrogen (secondary N) is 2. The number of carbonyl (C=O) groups is 1. The monoisotopic (exact) mass is 436 g/mol. The Hall–Kier alpha value is -3.26. The summed E-state index contributed by atoms with van der Waals surface area (Å²) >= 11 is 6.11. The molecule has 5 nitrogen and oxygen atoms in total. The first-order valence-corrected chi connectivity index (χ1v) is 9.11. The highest BCUT2D eigenvalue weighted by Crippen LogP contribution is 2.38. The normalized spacial score (nSPS) is 10.7.